The number of hydrogen-bond acceptors (Lipinski definition) is 15. The SMILES string of the molecule is C/C=C/C[C@@H](C)[C@@H](O)[C@H]1C(=O)N[C@@H]([C@@H](C)O)C(=O)N(C)[C@H](COC)C(=O)N(C)[C@@H]([C@@H](C)OC)C(=O)N[C@@H](CC(C)C)C(=O)N(C)[C@@H](CC(C)C)C(=O)N[C@@H](C)C(=O)N[C@H](C)C(=O)N(C)[C@@H](CC(C)C)C(=O)N[C@@H](CC(C)C)C(=O)N(C)[C@@H](C(C)C)C(=O)N1C. The fourth-order valence-electron chi connectivity index (χ4n) is 11.0. The Bertz CT molecular complexity index is 2420. The molecule has 0 aromatic rings. The fourth-order valence-corrected chi connectivity index (χ4v) is 11.0. The van der Waals surface area contributed by atoms with Crippen LogP contribution in [0.25, 0.3) is 0 Å². The number of nitrogens with one attached hydrogen (secondary N) is 5. The van der Waals surface area contributed by atoms with Crippen LogP contribution in [0.3, 0.4) is 0 Å². The molecule has 0 saturated carbocycles. The number of allylic oxidation sites excluding steroid dienone is 2. The van der Waals surface area contributed by atoms with Crippen molar-refractivity contribution in [2.24, 2.45) is 35.5 Å². The Morgan fingerprint density at radius 3 is 1.29 bits per heavy atom. The number of methoxy groups -OCH3 is 2. The maximum Gasteiger partial charge on any atom is 0.248 e. The third-order valence-corrected chi connectivity index (χ3v) is 16.4. The normalized spacial score (nSPS) is 27.6. The summed E-state index contributed by atoms with van der Waals surface area (Å²) in [5.74, 6) is -11.0. The molecule has 1 rings (SSSR count). The Hall–Kier alpha value is -6.25. The molecule has 26 heteroatoms. The lowest BCUT2D eigenvalue weighted by atomic mass is 9.91. The van der Waals surface area contributed by atoms with E-state index in [4.69, 9.17) is 9.47 Å². The first kappa shape index (κ1) is 80.8. The molecule has 510 valence electrons. The third kappa shape index (κ3) is 22.9. The first-order valence-corrected chi connectivity index (χ1v) is 31.3. The monoisotopic (exact) mass is 1260 g/mol. The highest BCUT2D eigenvalue weighted by atomic mass is 16.5. The van der Waals surface area contributed by atoms with Crippen molar-refractivity contribution in [1.29, 1.82) is 0 Å². The second kappa shape index (κ2) is 37.2. The zero-order valence-electron chi connectivity index (χ0n) is 57.8. The van der Waals surface area contributed by atoms with Crippen molar-refractivity contribution in [3.05, 3.63) is 12.2 Å². The number of ether oxygens (including phenoxy) is 2. The van der Waals surface area contributed by atoms with Crippen molar-refractivity contribution < 1.29 is 72.4 Å². The zero-order valence-corrected chi connectivity index (χ0v) is 57.8. The predicted octanol–water partition coefficient (Wildman–Crippen LogP) is 1.29. The topological polar surface area (TPSA) is 326 Å². The molecule has 89 heavy (non-hydrogen) atoms. The molecule has 0 aliphatic carbocycles. The van der Waals surface area contributed by atoms with E-state index in [1.54, 1.807) is 39.8 Å². The maximum absolute atomic E-state index is 15.2. The van der Waals surface area contributed by atoms with E-state index in [9.17, 15) is 58.2 Å². The molecule has 1 fully saturated rings. The van der Waals surface area contributed by atoms with Gasteiger partial charge in [-0.1, -0.05) is 88.3 Å². The summed E-state index contributed by atoms with van der Waals surface area (Å²) in [4.78, 5) is 168. The van der Waals surface area contributed by atoms with Crippen LogP contribution in [0.2, 0.25) is 0 Å². The number of nitrogens with zero attached hydrogens (tertiary/aromatic N) is 6. The fraction of sp³-hybridized carbons (Fsp3) is 0.794. The Balaban J connectivity index is 4.48. The van der Waals surface area contributed by atoms with Crippen LogP contribution in [0, 0.1) is 35.5 Å². The van der Waals surface area contributed by atoms with E-state index in [1.807, 2.05) is 55.4 Å². The van der Waals surface area contributed by atoms with Gasteiger partial charge >= 0.3 is 0 Å². The smallest absolute Gasteiger partial charge is 0.248 e. The molecular weight excluding hydrogens is 1150 g/mol. The van der Waals surface area contributed by atoms with Gasteiger partial charge < -0.3 is 75.7 Å². The highest BCUT2D eigenvalue weighted by Crippen LogP contribution is 2.24. The quantitative estimate of drug-likeness (QED) is 0.0952. The van der Waals surface area contributed by atoms with Crippen molar-refractivity contribution >= 4 is 65.0 Å². The molecular formula is C63H113N11O15. The Kier molecular flexibility index (Phi) is 33.7. The van der Waals surface area contributed by atoms with E-state index >= 15 is 4.79 Å². The number of rotatable bonds is 18. The van der Waals surface area contributed by atoms with Crippen LogP contribution < -0.4 is 26.6 Å². The van der Waals surface area contributed by atoms with E-state index < -0.39 is 168 Å². The van der Waals surface area contributed by atoms with Gasteiger partial charge in [-0.25, -0.2) is 0 Å². The summed E-state index contributed by atoms with van der Waals surface area (Å²) in [6.45, 7) is 26.5. The highest BCUT2D eigenvalue weighted by Gasteiger charge is 2.46. The Morgan fingerprint density at radius 2 is 0.854 bits per heavy atom. The van der Waals surface area contributed by atoms with Crippen molar-refractivity contribution in [3.8, 4) is 0 Å². The summed E-state index contributed by atoms with van der Waals surface area (Å²) in [7, 11) is 10.5. The lowest BCUT2D eigenvalue weighted by molar-refractivity contribution is -0.156. The molecule has 1 heterocycles. The molecule has 0 aromatic carbocycles. The standard InChI is InChI=1S/C63H113N11O15/c1-25-26-27-38(12)52(76)51-57(81)68-48(41(15)75)62(86)71(19)47(32-88-23)61(85)73(21)50(42(16)89-24)56(80)67-43(28-33(2)3)59(83)70(18)45(30-35(6)7)54(78)64-39(13)53(77)65-40(14)58(82)69(17)46(31-36(8)9)55(79)66-44(29-34(4)5)60(84)72(20)49(37(10)11)63(87)74(51)22/h25-26,33-52,75-76H,27-32H2,1-24H3,(H,64,78)(H,65,77)(H,66,79)(H,67,80)(H,68,81)/b26-25+/t38-,39+,40-,41-,42-,43+,44+,45+,46+,47-,48+,49+,50+,51+,52-/m1/s1. The number of carbonyl (C=O) groups excluding carboxylic acids is 11. The van der Waals surface area contributed by atoms with Crippen molar-refractivity contribution in [2.45, 2.75) is 228 Å². The molecule has 11 amide bonds. The van der Waals surface area contributed by atoms with Gasteiger partial charge in [-0.05, 0) is 102 Å². The first-order chi connectivity index (χ1) is 41.2. The van der Waals surface area contributed by atoms with E-state index in [1.165, 1.54) is 98.9 Å². The van der Waals surface area contributed by atoms with E-state index in [0.717, 1.165) is 14.7 Å². The van der Waals surface area contributed by atoms with Gasteiger partial charge in [-0.2, -0.15) is 0 Å². The van der Waals surface area contributed by atoms with Crippen molar-refractivity contribution in [3.63, 3.8) is 0 Å². The minimum Gasteiger partial charge on any atom is -0.391 e. The van der Waals surface area contributed by atoms with E-state index in [-0.39, 0.29) is 55.8 Å². The summed E-state index contributed by atoms with van der Waals surface area (Å²) in [6.07, 6.45) is -0.257. The summed E-state index contributed by atoms with van der Waals surface area (Å²) >= 11 is 0. The molecule has 0 aromatic heterocycles. The molecule has 1 aliphatic heterocycles. The molecule has 0 spiro atoms. The average Bonchev–Trinajstić information content (AvgIpc) is 0.990. The first-order valence-electron chi connectivity index (χ1n) is 31.3. The van der Waals surface area contributed by atoms with Crippen LogP contribution in [0.1, 0.15) is 143 Å². The van der Waals surface area contributed by atoms with Crippen LogP contribution in [0.15, 0.2) is 12.2 Å². The van der Waals surface area contributed by atoms with E-state index in [0.29, 0.717) is 0 Å². The summed E-state index contributed by atoms with van der Waals surface area (Å²) in [6, 6.07) is -15.4. The molecule has 0 bridgehead atoms. The Labute approximate surface area is 530 Å². The minimum absolute atomic E-state index is 0.0636. The molecule has 26 nitrogen and oxygen atoms in total. The number of aliphatic hydroxyl groups is 2. The van der Waals surface area contributed by atoms with Crippen molar-refractivity contribution in [1.82, 2.24) is 56.0 Å². The number of hydrogen-bond donors (Lipinski definition) is 7. The van der Waals surface area contributed by atoms with Gasteiger partial charge in [0.25, 0.3) is 0 Å². The summed E-state index contributed by atoms with van der Waals surface area (Å²) < 4.78 is 11.1. The second-order valence-corrected chi connectivity index (χ2v) is 26.3. The molecule has 0 unspecified atom stereocenters. The number of amides is 11. The minimum atomic E-state index is -1.84. The summed E-state index contributed by atoms with van der Waals surface area (Å²) in [5.41, 5.74) is 0. The van der Waals surface area contributed by atoms with Crippen molar-refractivity contribution in [2.75, 3.05) is 63.1 Å². The highest BCUT2D eigenvalue weighted by molar-refractivity contribution is 6.00. The second-order valence-electron chi connectivity index (χ2n) is 26.3. The van der Waals surface area contributed by atoms with E-state index in [2.05, 4.69) is 26.6 Å². The lowest BCUT2D eigenvalue weighted by Crippen LogP contribution is -2.65. The zero-order chi connectivity index (χ0) is 69.0. The lowest BCUT2D eigenvalue weighted by Gasteiger charge is -2.40. The van der Waals surface area contributed by atoms with Crippen LogP contribution in [-0.2, 0) is 62.2 Å². The van der Waals surface area contributed by atoms with Gasteiger partial charge in [-0.15, -0.1) is 0 Å². The average molecular weight is 1260 g/mol. The largest absolute Gasteiger partial charge is 0.391 e. The molecule has 1 saturated heterocycles. The van der Waals surface area contributed by atoms with Crippen LogP contribution >= 0.6 is 0 Å². The van der Waals surface area contributed by atoms with Gasteiger partial charge in [0, 0.05) is 56.5 Å². The number of carbonyl (C=O) groups is 11. The van der Waals surface area contributed by atoms with Gasteiger partial charge in [0.15, 0.2) is 0 Å². The van der Waals surface area contributed by atoms with Gasteiger partial charge in [-0.3, -0.25) is 52.7 Å². The Morgan fingerprint density at radius 1 is 0.449 bits per heavy atom. The van der Waals surface area contributed by atoms with Crippen LogP contribution in [-0.4, -0.2) is 252 Å². The molecule has 0 radical (unpaired) electrons. The molecule has 7 N–H and O–H groups in total. The summed E-state index contributed by atoms with van der Waals surface area (Å²) in [5, 5.41) is 37.0. The van der Waals surface area contributed by atoms with Gasteiger partial charge in [0.1, 0.15) is 66.5 Å². The maximum atomic E-state index is 15.2. The van der Waals surface area contributed by atoms with Gasteiger partial charge in [0.05, 0.1) is 24.9 Å². The number of likely N-dealkylation sites (N-methyl/N-ethyl adjacent to an activating group) is 6. The predicted molar refractivity (Wildman–Crippen MR) is 338 cm³/mol. The van der Waals surface area contributed by atoms with Crippen LogP contribution in [0.5, 0.6) is 0 Å². The third-order valence-electron chi connectivity index (χ3n) is 16.4. The molecule has 15 atom stereocenters. The molecule has 1 aliphatic rings. The van der Waals surface area contributed by atoms with Gasteiger partial charge in [0.2, 0.25) is 65.0 Å². The number of aliphatic hydroxyl groups excluding tert-OH is 2. The van der Waals surface area contributed by atoms with Crippen LogP contribution in [0.4, 0.5) is 0 Å².